The molecule has 5 atom stereocenters. The van der Waals surface area contributed by atoms with Crippen LogP contribution in [0.1, 0.15) is 5.56 Å². The van der Waals surface area contributed by atoms with Gasteiger partial charge in [0.15, 0.2) is 0 Å². The molecule has 0 aromatic heterocycles. The van der Waals surface area contributed by atoms with Gasteiger partial charge < -0.3 is 34.8 Å². The molecule has 2 heterocycles. The highest BCUT2D eigenvalue weighted by Gasteiger charge is 2.44. The third-order valence-corrected chi connectivity index (χ3v) is 5.40. The molecule has 2 aliphatic rings. The van der Waals surface area contributed by atoms with Crippen LogP contribution in [0.25, 0.3) is 0 Å². The van der Waals surface area contributed by atoms with Crippen molar-refractivity contribution >= 4 is 17.1 Å². The molecule has 1 saturated heterocycles. The normalized spacial score (nSPS) is 28.3. The van der Waals surface area contributed by atoms with Gasteiger partial charge in [0.2, 0.25) is 6.29 Å². The van der Waals surface area contributed by atoms with Gasteiger partial charge in [0, 0.05) is 36.1 Å². The number of rotatable bonds is 5. The third kappa shape index (κ3) is 3.71. The lowest BCUT2D eigenvalue weighted by molar-refractivity contribution is -0.384. The summed E-state index contributed by atoms with van der Waals surface area (Å²) in [5, 5.41) is 50.2. The molecule has 1 fully saturated rings. The van der Waals surface area contributed by atoms with Gasteiger partial charge in [0.1, 0.15) is 30.2 Å². The molecule has 10 heteroatoms. The zero-order valence-electron chi connectivity index (χ0n) is 15.9. The Bertz CT molecular complexity index is 937. The zero-order chi connectivity index (χ0) is 21.4. The topological polar surface area (TPSA) is 146 Å². The second-order valence-corrected chi connectivity index (χ2v) is 7.28. The zero-order valence-corrected chi connectivity index (χ0v) is 15.9. The molecule has 0 bridgehead atoms. The minimum absolute atomic E-state index is 0.0512. The average molecular weight is 418 g/mol. The summed E-state index contributed by atoms with van der Waals surface area (Å²) in [4.78, 5) is 12.6. The lowest BCUT2D eigenvalue weighted by Crippen LogP contribution is -2.60. The fourth-order valence-electron chi connectivity index (χ4n) is 3.79. The Balaban J connectivity index is 1.54. The summed E-state index contributed by atoms with van der Waals surface area (Å²) in [5.41, 5.74) is 2.58. The SMILES string of the molecule is O=[N+]([O-])c1ccc2c(c1)CCN2c1cccc(O[C@H]2OC(CO)[C@@H](O)C(O)[C@H]2O)c1. The Morgan fingerprint density at radius 3 is 2.67 bits per heavy atom. The molecular formula is C20H22N2O8. The van der Waals surface area contributed by atoms with Gasteiger partial charge in [0.25, 0.3) is 5.69 Å². The highest BCUT2D eigenvalue weighted by molar-refractivity contribution is 5.72. The van der Waals surface area contributed by atoms with E-state index in [1.165, 1.54) is 6.07 Å². The third-order valence-electron chi connectivity index (χ3n) is 5.40. The summed E-state index contributed by atoms with van der Waals surface area (Å²) in [6, 6.07) is 11.7. The fourth-order valence-corrected chi connectivity index (χ4v) is 3.79. The monoisotopic (exact) mass is 418 g/mol. The maximum atomic E-state index is 11.0. The number of ether oxygens (including phenoxy) is 2. The van der Waals surface area contributed by atoms with Gasteiger partial charge in [-0.05, 0) is 30.2 Å². The van der Waals surface area contributed by atoms with E-state index in [1.807, 2.05) is 11.0 Å². The second-order valence-electron chi connectivity index (χ2n) is 7.28. The largest absolute Gasteiger partial charge is 0.462 e. The Hall–Kier alpha value is -2.76. The Morgan fingerprint density at radius 1 is 1.13 bits per heavy atom. The van der Waals surface area contributed by atoms with E-state index < -0.39 is 42.2 Å². The molecule has 0 saturated carbocycles. The molecule has 4 rings (SSSR count). The Kier molecular flexibility index (Phi) is 5.58. The van der Waals surface area contributed by atoms with Gasteiger partial charge in [-0.2, -0.15) is 0 Å². The van der Waals surface area contributed by atoms with Crippen LogP contribution in [0.3, 0.4) is 0 Å². The van der Waals surface area contributed by atoms with Crippen LogP contribution >= 0.6 is 0 Å². The van der Waals surface area contributed by atoms with E-state index in [1.54, 1.807) is 30.3 Å². The molecule has 10 nitrogen and oxygen atoms in total. The van der Waals surface area contributed by atoms with E-state index >= 15 is 0 Å². The number of aliphatic hydroxyl groups excluding tert-OH is 4. The predicted molar refractivity (Wildman–Crippen MR) is 105 cm³/mol. The van der Waals surface area contributed by atoms with Gasteiger partial charge in [-0.3, -0.25) is 10.1 Å². The summed E-state index contributed by atoms with van der Waals surface area (Å²) in [6.07, 6.45) is -6.15. The van der Waals surface area contributed by atoms with Crippen LogP contribution in [0.4, 0.5) is 17.1 Å². The highest BCUT2D eigenvalue weighted by atomic mass is 16.7. The molecule has 2 aromatic rings. The summed E-state index contributed by atoms with van der Waals surface area (Å²) < 4.78 is 11.1. The molecule has 2 aromatic carbocycles. The lowest BCUT2D eigenvalue weighted by Gasteiger charge is -2.39. The summed E-state index contributed by atoms with van der Waals surface area (Å²) in [7, 11) is 0. The lowest BCUT2D eigenvalue weighted by atomic mass is 9.99. The standard InChI is InChI=1S/C20H22N2O8/c23-10-16-17(24)18(25)19(26)20(30-16)29-14-3-1-2-12(9-14)21-7-6-11-8-13(22(27)28)4-5-15(11)21/h1-5,8-9,16-20,23-26H,6-7,10H2/t16?,17-,18?,19-,20+/m1/s1. The van der Waals surface area contributed by atoms with Crippen LogP contribution in [-0.4, -0.2) is 69.2 Å². The minimum Gasteiger partial charge on any atom is -0.462 e. The molecule has 0 aliphatic carbocycles. The van der Waals surface area contributed by atoms with Crippen molar-refractivity contribution in [2.75, 3.05) is 18.1 Å². The van der Waals surface area contributed by atoms with Crippen LogP contribution in [0.15, 0.2) is 42.5 Å². The van der Waals surface area contributed by atoms with E-state index in [9.17, 15) is 30.5 Å². The van der Waals surface area contributed by atoms with E-state index in [0.29, 0.717) is 18.7 Å². The first-order chi connectivity index (χ1) is 14.4. The van der Waals surface area contributed by atoms with E-state index in [0.717, 1.165) is 16.9 Å². The minimum atomic E-state index is -1.52. The fraction of sp³-hybridized carbons (Fsp3) is 0.400. The molecule has 4 N–H and O–H groups in total. The van der Waals surface area contributed by atoms with Crippen molar-refractivity contribution < 1.29 is 34.8 Å². The van der Waals surface area contributed by atoms with Crippen molar-refractivity contribution in [2.45, 2.75) is 37.1 Å². The van der Waals surface area contributed by atoms with Gasteiger partial charge in [-0.25, -0.2) is 0 Å². The highest BCUT2D eigenvalue weighted by Crippen LogP contribution is 2.38. The van der Waals surface area contributed by atoms with Crippen LogP contribution < -0.4 is 9.64 Å². The van der Waals surface area contributed by atoms with Crippen molar-refractivity contribution in [3.05, 3.63) is 58.1 Å². The van der Waals surface area contributed by atoms with Crippen LogP contribution in [-0.2, 0) is 11.2 Å². The van der Waals surface area contributed by atoms with E-state index in [-0.39, 0.29) is 5.69 Å². The first-order valence-corrected chi connectivity index (χ1v) is 9.51. The molecular weight excluding hydrogens is 396 g/mol. The summed E-state index contributed by atoms with van der Waals surface area (Å²) >= 11 is 0. The number of non-ortho nitro benzene ring substituents is 1. The number of nitro groups is 1. The van der Waals surface area contributed by atoms with E-state index in [2.05, 4.69) is 0 Å². The molecule has 2 unspecified atom stereocenters. The number of fused-ring (bicyclic) bond motifs is 1. The first-order valence-electron chi connectivity index (χ1n) is 9.51. The Labute approximate surface area is 171 Å². The maximum Gasteiger partial charge on any atom is 0.269 e. The molecule has 0 radical (unpaired) electrons. The number of hydrogen-bond acceptors (Lipinski definition) is 9. The van der Waals surface area contributed by atoms with E-state index in [4.69, 9.17) is 9.47 Å². The number of benzene rings is 2. The second kappa shape index (κ2) is 8.17. The van der Waals surface area contributed by atoms with Gasteiger partial charge >= 0.3 is 0 Å². The number of nitro benzene ring substituents is 1. The number of anilines is 2. The van der Waals surface area contributed by atoms with Gasteiger partial charge in [-0.1, -0.05) is 6.07 Å². The number of hydrogen-bond donors (Lipinski definition) is 4. The van der Waals surface area contributed by atoms with Crippen LogP contribution in [0, 0.1) is 10.1 Å². The van der Waals surface area contributed by atoms with Gasteiger partial charge in [0.05, 0.1) is 11.5 Å². The summed E-state index contributed by atoms with van der Waals surface area (Å²) in [5.74, 6) is 0.354. The molecule has 0 amide bonds. The molecule has 2 aliphatic heterocycles. The molecule has 30 heavy (non-hydrogen) atoms. The van der Waals surface area contributed by atoms with Crippen molar-refractivity contribution in [1.29, 1.82) is 0 Å². The van der Waals surface area contributed by atoms with Crippen molar-refractivity contribution in [3.63, 3.8) is 0 Å². The maximum absolute atomic E-state index is 11.0. The van der Waals surface area contributed by atoms with Crippen molar-refractivity contribution in [3.8, 4) is 5.75 Å². The summed E-state index contributed by atoms with van der Waals surface area (Å²) in [6.45, 7) is 0.0988. The number of nitrogens with zero attached hydrogens (tertiary/aromatic N) is 2. The van der Waals surface area contributed by atoms with Crippen LogP contribution in [0.5, 0.6) is 5.75 Å². The van der Waals surface area contributed by atoms with Crippen molar-refractivity contribution in [1.82, 2.24) is 0 Å². The number of aliphatic hydroxyl groups is 4. The van der Waals surface area contributed by atoms with Crippen molar-refractivity contribution in [2.24, 2.45) is 0 Å². The molecule has 0 spiro atoms. The average Bonchev–Trinajstić information content (AvgIpc) is 3.17. The Morgan fingerprint density at radius 2 is 1.93 bits per heavy atom. The molecule has 160 valence electrons. The van der Waals surface area contributed by atoms with Crippen LogP contribution in [0.2, 0.25) is 0 Å². The predicted octanol–water partition coefficient (Wildman–Crippen LogP) is 0.468. The quantitative estimate of drug-likeness (QED) is 0.402. The van der Waals surface area contributed by atoms with Gasteiger partial charge in [-0.15, -0.1) is 0 Å². The first kappa shape index (κ1) is 20.5. The smallest absolute Gasteiger partial charge is 0.269 e.